The van der Waals surface area contributed by atoms with E-state index in [0.29, 0.717) is 11.5 Å². The molecule has 0 N–H and O–H groups in total. The summed E-state index contributed by atoms with van der Waals surface area (Å²) in [7, 11) is -1.16. The van der Waals surface area contributed by atoms with E-state index in [1.165, 1.54) is 0 Å². The van der Waals surface area contributed by atoms with Gasteiger partial charge in [0.15, 0.2) is 0 Å². The van der Waals surface area contributed by atoms with Crippen LogP contribution >= 0.6 is 11.4 Å². The van der Waals surface area contributed by atoms with Gasteiger partial charge in [0.1, 0.15) is 0 Å². The summed E-state index contributed by atoms with van der Waals surface area (Å²) >= 11 is 8.44. The van der Waals surface area contributed by atoms with E-state index in [-0.39, 0.29) is 58.4 Å². The second kappa shape index (κ2) is 16.8. The van der Waals surface area contributed by atoms with Crippen molar-refractivity contribution in [3.05, 3.63) is 0 Å². The van der Waals surface area contributed by atoms with Gasteiger partial charge in [0.2, 0.25) is 0 Å². The molecule has 0 fully saturated rings. The first-order valence-corrected chi connectivity index (χ1v) is 14.4. The Morgan fingerprint density at radius 3 is 0.895 bits per heavy atom. The van der Waals surface area contributed by atoms with Crippen LogP contribution in [0.1, 0.15) is 13.8 Å². The number of hydrogen-bond acceptors (Lipinski definition) is 6. The molecule has 0 spiro atoms. The quantitative estimate of drug-likeness (QED) is 0.239. The van der Waals surface area contributed by atoms with Crippen molar-refractivity contribution in [1.29, 1.82) is 0 Å². The molecule has 0 aromatic rings. The van der Waals surface area contributed by atoms with Gasteiger partial charge in [-0.05, 0) is 24.0 Å². The van der Waals surface area contributed by atoms with Gasteiger partial charge in [-0.15, -0.1) is 0 Å². The van der Waals surface area contributed by atoms with Crippen LogP contribution in [0.4, 0.5) is 0 Å². The molecule has 0 radical (unpaired) electrons. The second-order valence-electron chi connectivity index (χ2n) is 2.67. The maximum atomic E-state index is 10.4. The van der Waals surface area contributed by atoms with E-state index in [1.807, 2.05) is 13.8 Å². The first kappa shape index (κ1) is 34.3. The standard InChI is InChI=1S/2C3H8O2PS2.3Zn/c2*1-3-8(2)6(4,5)7;;;/h2*3H2,1-2H3;;;/q2*-3;3*+2. The summed E-state index contributed by atoms with van der Waals surface area (Å²) in [6.45, 7) is 3.64. The third kappa shape index (κ3) is 22.0. The monoisotopic (exact) mass is 534 g/mol. The van der Waals surface area contributed by atoms with Crippen LogP contribution in [-0.2, 0) is 103 Å². The summed E-state index contributed by atoms with van der Waals surface area (Å²) in [6, 6.07) is 0. The Balaban J connectivity index is -0.0000000594. The SMILES string of the molecule is CCS(C)=P([O-])([O-])[S-].CCS(C)=P([O-])([O-])[S-].[Zn+2].[Zn+2].[Zn+2]. The summed E-state index contributed by atoms with van der Waals surface area (Å²) in [5.74, 6) is 1.29. The topological polar surface area (TPSA) is 92.2 Å². The molecule has 0 aromatic heterocycles. The third-order valence-electron chi connectivity index (χ3n) is 1.60. The Labute approximate surface area is 170 Å². The van der Waals surface area contributed by atoms with Gasteiger partial charge in [-0.25, -0.2) is 20.1 Å². The van der Waals surface area contributed by atoms with Crippen LogP contribution in [0, 0.1) is 0 Å². The minimum Gasteiger partial charge on any atom is -0.854 e. The second-order valence-corrected chi connectivity index (χ2v) is 18.9. The van der Waals surface area contributed by atoms with Crippen molar-refractivity contribution in [2.45, 2.75) is 13.8 Å². The van der Waals surface area contributed by atoms with Crippen LogP contribution < -0.4 is 19.6 Å². The van der Waals surface area contributed by atoms with Crippen LogP contribution in [0.3, 0.4) is 0 Å². The van der Waals surface area contributed by atoms with Crippen molar-refractivity contribution < 1.29 is 78.0 Å². The maximum Gasteiger partial charge on any atom is 2.00 e. The molecule has 0 aliphatic rings. The smallest absolute Gasteiger partial charge is 0.854 e. The zero-order valence-electron chi connectivity index (χ0n) is 11.7. The molecule has 2 atom stereocenters. The van der Waals surface area contributed by atoms with Gasteiger partial charge in [0, 0.05) is 0 Å². The summed E-state index contributed by atoms with van der Waals surface area (Å²) in [5.41, 5.74) is -6.79. The van der Waals surface area contributed by atoms with Gasteiger partial charge >= 0.3 is 58.4 Å². The van der Waals surface area contributed by atoms with E-state index in [1.54, 1.807) is 12.5 Å². The van der Waals surface area contributed by atoms with E-state index in [2.05, 4.69) is 24.5 Å². The Morgan fingerprint density at radius 1 is 0.737 bits per heavy atom. The average molecular weight is 539 g/mol. The molecule has 13 heteroatoms. The predicted molar refractivity (Wildman–Crippen MR) is 76.2 cm³/mol. The van der Waals surface area contributed by atoms with Crippen LogP contribution in [0.2, 0.25) is 0 Å². The van der Waals surface area contributed by atoms with Gasteiger partial charge in [0.05, 0.1) is 0 Å². The van der Waals surface area contributed by atoms with Crippen LogP contribution in [0.15, 0.2) is 0 Å². The molecule has 0 bridgehead atoms. The largest absolute Gasteiger partial charge is 2.00 e. The van der Waals surface area contributed by atoms with Crippen molar-refractivity contribution >= 4 is 56.0 Å². The minimum absolute atomic E-state index is 0. The molecule has 0 aliphatic heterocycles. The Hall–Kier alpha value is 3.97. The molecule has 0 rings (SSSR count). The van der Waals surface area contributed by atoms with E-state index < -0.39 is 31.5 Å². The fourth-order valence-electron chi connectivity index (χ4n) is 0.316. The molecular weight excluding hydrogens is 522 g/mol. The minimum atomic E-state index is -3.40. The molecule has 2 unspecified atom stereocenters. The Morgan fingerprint density at radius 2 is 0.895 bits per heavy atom. The summed E-state index contributed by atoms with van der Waals surface area (Å²) in [6.07, 6.45) is 3.31. The first-order valence-electron chi connectivity index (χ1n) is 4.27. The third-order valence-corrected chi connectivity index (χ3v) is 15.5. The molecule has 4 nitrogen and oxygen atoms in total. The van der Waals surface area contributed by atoms with Crippen molar-refractivity contribution in [2.24, 2.45) is 0 Å². The van der Waals surface area contributed by atoms with Gasteiger partial charge in [-0.2, -0.15) is 0 Å². The molecule has 0 heterocycles. The summed E-state index contributed by atoms with van der Waals surface area (Å²) in [4.78, 5) is 41.7. The molecule has 0 saturated heterocycles. The number of hydrogen-bond donors (Lipinski definition) is 0. The molecule has 0 saturated carbocycles. The fraction of sp³-hybridized carbons (Fsp3) is 1.00. The van der Waals surface area contributed by atoms with Crippen LogP contribution in [0.5, 0.6) is 0 Å². The van der Waals surface area contributed by atoms with Crippen molar-refractivity contribution in [3.8, 4) is 0 Å². The van der Waals surface area contributed by atoms with Gasteiger partial charge < -0.3 is 55.5 Å². The molecule has 104 valence electrons. The zero-order valence-corrected chi connectivity index (χ0v) is 25.7. The average Bonchev–Trinajstić information content (AvgIpc) is 2.13. The van der Waals surface area contributed by atoms with E-state index in [9.17, 15) is 19.6 Å². The summed E-state index contributed by atoms with van der Waals surface area (Å²) < 4.78 is 0. The molecule has 0 aromatic carbocycles. The Kier molecular flexibility index (Phi) is 30.4. The summed E-state index contributed by atoms with van der Waals surface area (Å²) in [5, 5.41) is 0. The molecule has 0 aliphatic carbocycles. The van der Waals surface area contributed by atoms with Gasteiger partial charge in [-0.1, -0.05) is 13.8 Å². The maximum absolute atomic E-state index is 10.4. The van der Waals surface area contributed by atoms with Crippen LogP contribution in [-0.4, -0.2) is 24.0 Å². The first-order chi connectivity index (χ1) is 6.96. The molecule has 0 amide bonds. The number of rotatable bonds is 2. The van der Waals surface area contributed by atoms with E-state index >= 15 is 0 Å². The van der Waals surface area contributed by atoms with E-state index in [4.69, 9.17) is 0 Å². The zero-order chi connectivity index (χ0) is 13.6. The normalized spacial score (nSPS) is 13.6. The van der Waals surface area contributed by atoms with Gasteiger partial charge in [0.25, 0.3) is 0 Å². The van der Waals surface area contributed by atoms with Crippen molar-refractivity contribution in [1.82, 2.24) is 0 Å². The van der Waals surface area contributed by atoms with Gasteiger partial charge in [-0.3, -0.25) is 0 Å². The van der Waals surface area contributed by atoms with Crippen molar-refractivity contribution in [3.63, 3.8) is 0 Å². The predicted octanol–water partition coefficient (Wildman–Crippen LogP) is -1.61. The fourth-order valence-corrected chi connectivity index (χ4v) is 4.74. The van der Waals surface area contributed by atoms with Crippen molar-refractivity contribution in [2.75, 3.05) is 24.0 Å². The molecular formula is C6H16O4P2S4Zn3. The van der Waals surface area contributed by atoms with Crippen LogP contribution in [0.25, 0.3) is 0 Å². The van der Waals surface area contributed by atoms with E-state index in [0.717, 1.165) is 0 Å². The molecule has 19 heavy (non-hydrogen) atoms. The Bertz CT molecular complexity index is 282.